The Labute approximate surface area is 62.0 Å². The zero-order valence-electron chi connectivity index (χ0n) is 6.29. The van der Waals surface area contributed by atoms with Gasteiger partial charge < -0.3 is 11.5 Å². The smallest absolute Gasteiger partial charge is 0.0223 e. The molecule has 0 spiro atoms. The molecule has 2 heteroatoms. The highest BCUT2D eigenvalue weighted by Crippen LogP contribution is 2.39. The van der Waals surface area contributed by atoms with E-state index in [4.69, 9.17) is 11.5 Å². The highest BCUT2D eigenvalue weighted by Gasteiger charge is 2.39. The quantitative estimate of drug-likeness (QED) is 0.513. The molecule has 0 heterocycles. The topological polar surface area (TPSA) is 52.0 Å². The molecule has 3 rings (SSSR count). The molecule has 0 saturated heterocycles. The van der Waals surface area contributed by atoms with Crippen LogP contribution in [0.1, 0.15) is 25.7 Å². The Bertz CT molecular complexity index is 107. The van der Waals surface area contributed by atoms with Crippen LogP contribution < -0.4 is 11.5 Å². The molecule has 0 radical (unpaired) electrons. The highest BCUT2D eigenvalue weighted by molar-refractivity contribution is 4.97. The number of fused-ring (bicyclic) bond motifs is 3. The molecule has 2 nitrogen and oxygen atoms in total. The monoisotopic (exact) mass is 140 g/mol. The summed E-state index contributed by atoms with van der Waals surface area (Å²) in [7, 11) is 0. The van der Waals surface area contributed by atoms with Gasteiger partial charge in [-0.3, -0.25) is 0 Å². The number of hydrogen-bond donors (Lipinski definition) is 2. The molecule has 0 aromatic heterocycles. The van der Waals surface area contributed by atoms with E-state index in [1.54, 1.807) is 0 Å². The van der Waals surface area contributed by atoms with Gasteiger partial charge in [-0.1, -0.05) is 0 Å². The maximum Gasteiger partial charge on any atom is 0.0223 e. The number of hydrogen-bond acceptors (Lipinski definition) is 2. The van der Waals surface area contributed by atoms with Gasteiger partial charge in [0.15, 0.2) is 0 Å². The molecule has 0 aromatic carbocycles. The molecule has 0 amide bonds. The van der Waals surface area contributed by atoms with E-state index in [1.165, 1.54) is 25.7 Å². The summed E-state index contributed by atoms with van der Waals surface area (Å²) in [5, 5.41) is 0. The van der Waals surface area contributed by atoms with E-state index in [9.17, 15) is 0 Å². The SMILES string of the molecule is NC1C2CCC(CC2)C1N. The summed E-state index contributed by atoms with van der Waals surface area (Å²) in [6.45, 7) is 0. The first-order valence-electron chi connectivity index (χ1n) is 4.30. The molecule has 2 atom stereocenters. The minimum Gasteiger partial charge on any atom is -0.326 e. The Balaban J connectivity index is 2.13. The first-order valence-corrected chi connectivity index (χ1v) is 4.30. The van der Waals surface area contributed by atoms with E-state index >= 15 is 0 Å². The van der Waals surface area contributed by atoms with Crippen LogP contribution in [0.5, 0.6) is 0 Å². The lowest BCUT2D eigenvalue weighted by atomic mass is 9.65. The van der Waals surface area contributed by atoms with Gasteiger partial charge in [0.25, 0.3) is 0 Å². The zero-order valence-corrected chi connectivity index (χ0v) is 6.29. The first kappa shape index (κ1) is 6.62. The van der Waals surface area contributed by atoms with Crippen molar-refractivity contribution >= 4 is 0 Å². The molecule has 10 heavy (non-hydrogen) atoms. The van der Waals surface area contributed by atoms with E-state index in [-0.39, 0.29) is 0 Å². The minimum atomic E-state index is 0.312. The average molecular weight is 140 g/mol. The van der Waals surface area contributed by atoms with Crippen LogP contribution in [0.25, 0.3) is 0 Å². The van der Waals surface area contributed by atoms with Crippen LogP contribution in [0.15, 0.2) is 0 Å². The van der Waals surface area contributed by atoms with Crippen molar-refractivity contribution in [3.63, 3.8) is 0 Å². The molecule has 0 aliphatic heterocycles. The fraction of sp³-hybridized carbons (Fsp3) is 1.00. The number of nitrogens with two attached hydrogens (primary N) is 2. The van der Waals surface area contributed by atoms with E-state index in [0.717, 1.165) is 11.8 Å². The van der Waals surface area contributed by atoms with Gasteiger partial charge in [0, 0.05) is 12.1 Å². The van der Waals surface area contributed by atoms with Crippen LogP contribution in [0.3, 0.4) is 0 Å². The van der Waals surface area contributed by atoms with Crippen molar-refractivity contribution in [1.82, 2.24) is 0 Å². The van der Waals surface area contributed by atoms with Gasteiger partial charge in [0.1, 0.15) is 0 Å². The lowest BCUT2D eigenvalue weighted by Gasteiger charge is -2.45. The molecule has 58 valence electrons. The zero-order chi connectivity index (χ0) is 7.14. The summed E-state index contributed by atoms with van der Waals surface area (Å²) in [6.07, 6.45) is 5.33. The standard InChI is InChI=1S/C8H16N2/c9-7-5-1-2-6(4-3-5)8(7)10/h5-8H,1-4,9-10H2. The lowest BCUT2D eigenvalue weighted by Crippen LogP contribution is -2.57. The normalized spacial score (nSPS) is 53.4. The van der Waals surface area contributed by atoms with Crippen LogP contribution in [-0.4, -0.2) is 12.1 Å². The predicted molar refractivity (Wildman–Crippen MR) is 41.4 cm³/mol. The van der Waals surface area contributed by atoms with Crippen molar-refractivity contribution in [3.8, 4) is 0 Å². The van der Waals surface area contributed by atoms with E-state index < -0.39 is 0 Å². The molecular weight excluding hydrogens is 124 g/mol. The largest absolute Gasteiger partial charge is 0.326 e. The van der Waals surface area contributed by atoms with Crippen LogP contribution in [0.4, 0.5) is 0 Å². The third kappa shape index (κ3) is 0.789. The number of rotatable bonds is 0. The molecule has 3 aliphatic rings. The summed E-state index contributed by atoms with van der Waals surface area (Å²) >= 11 is 0. The average Bonchev–Trinajstić information content (AvgIpc) is 2.00. The van der Waals surface area contributed by atoms with Crippen LogP contribution >= 0.6 is 0 Å². The minimum absolute atomic E-state index is 0.312. The van der Waals surface area contributed by atoms with Gasteiger partial charge in [-0.2, -0.15) is 0 Å². The summed E-state index contributed by atoms with van der Waals surface area (Å²) in [6, 6.07) is 0.625. The lowest BCUT2D eigenvalue weighted by molar-refractivity contribution is 0.119. The molecular formula is C8H16N2. The second kappa shape index (κ2) is 2.21. The van der Waals surface area contributed by atoms with E-state index in [2.05, 4.69) is 0 Å². The van der Waals surface area contributed by atoms with Gasteiger partial charge in [-0.15, -0.1) is 0 Å². The van der Waals surface area contributed by atoms with Gasteiger partial charge in [-0.25, -0.2) is 0 Å². The summed E-state index contributed by atoms with van der Waals surface area (Å²) < 4.78 is 0. The molecule has 4 N–H and O–H groups in total. The van der Waals surface area contributed by atoms with Crippen molar-refractivity contribution in [2.45, 2.75) is 37.8 Å². The Morgan fingerprint density at radius 2 is 1.00 bits per heavy atom. The van der Waals surface area contributed by atoms with Crippen molar-refractivity contribution < 1.29 is 0 Å². The summed E-state index contributed by atoms with van der Waals surface area (Å²) in [5.74, 6) is 1.50. The molecule has 2 bridgehead atoms. The molecule has 3 saturated carbocycles. The Morgan fingerprint density at radius 3 is 1.20 bits per heavy atom. The van der Waals surface area contributed by atoms with Crippen molar-refractivity contribution in [2.24, 2.45) is 23.3 Å². The van der Waals surface area contributed by atoms with Gasteiger partial charge >= 0.3 is 0 Å². The van der Waals surface area contributed by atoms with Crippen molar-refractivity contribution in [3.05, 3.63) is 0 Å². The van der Waals surface area contributed by atoms with Crippen LogP contribution in [-0.2, 0) is 0 Å². The summed E-state index contributed by atoms with van der Waals surface area (Å²) in [4.78, 5) is 0. The van der Waals surface area contributed by atoms with Crippen molar-refractivity contribution in [1.29, 1.82) is 0 Å². The van der Waals surface area contributed by atoms with E-state index in [1.807, 2.05) is 0 Å². The fourth-order valence-corrected chi connectivity index (χ4v) is 2.54. The Morgan fingerprint density at radius 1 is 0.700 bits per heavy atom. The van der Waals surface area contributed by atoms with Crippen LogP contribution in [0, 0.1) is 11.8 Å². The van der Waals surface area contributed by atoms with E-state index in [0.29, 0.717) is 12.1 Å². The molecule has 3 aliphatic carbocycles. The predicted octanol–water partition coefficient (Wildman–Crippen LogP) is 0.461. The Kier molecular flexibility index (Phi) is 1.46. The maximum atomic E-state index is 5.94. The van der Waals surface area contributed by atoms with Crippen molar-refractivity contribution in [2.75, 3.05) is 0 Å². The maximum absolute atomic E-state index is 5.94. The van der Waals surface area contributed by atoms with Gasteiger partial charge in [0.05, 0.1) is 0 Å². The molecule has 2 unspecified atom stereocenters. The highest BCUT2D eigenvalue weighted by atomic mass is 14.8. The molecule has 0 aromatic rings. The van der Waals surface area contributed by atoms with Gasteiger partial charge in [-0.05, 0) is 37.5 Å². The second-order valence-electron chi connectivity index (χ2n) is 3.83. The second-order valence-corrected chi connectivity index (χ2v) is 3.83. The third-order valence-corrected chi connectivity index (χ3v) is 3.35. The fourth-order valence-electron chi connectivity index (χ4n) is 2.54. The van der Waals surface area contributed by atoms with Crippen LogP contribution in [0.2, 0.25) is 0 Å². The third-order valence-electron chi connectivity index (χ3n) is 3.35. The molecule has 3 fully saturated rings. The Hall–Kier alpha value is -0.0800. The first-order chi connectivity index (χ1) is 4.79. The van der Waals surface area contributed by atoms with Gasteiger partial charge in [0.2, 0.25) is 0 Å². The summed E-state index contributed by atoms with van der Waals surface area (Å²) in [5.41, 5.74) is 11.9.